The Hall–Kier alpha value is -0.380. The average molecular weight is 250 g/mol. The molecule has 3 rings (SSSR count). The summed E-state index contributed by atoms with van der Waals surface area (Å²) in [5.74, 6) is 0.937. The molecule has 1 saturated heterocycles. The topological polar surface area (TPSA) is 15.3 Å². The van der Waals surface area contributed by atoms with Gasteiger partial charge in [0.2, 0.25) is 0 Å². The number of piperazine rings is 1. The number of rotatable bonds is 4. The molecule has 1 aliphatic heterocycles. The molecular formula is C14H22N2S. The van der Waals surface area contributed by atoms with E-state index in [-0.39, 0.29) is 0 Å². The Labute approximate surface area is 108 Å². The van der Waals surface area contributed by atoms with Crippen LogP contribution in [0, 0.1) is 5.92 Å². The Kier molecular flexibility index (Phi) is 3.24. The van der Waals surface area contributed by atoms with E-state index in [1.807, 2.05) is 11.3 Å². The Bertz CT molecular complexity index is 358. The number of nitrogens with zero attached hydrogens (tertiary/aromatic N) is 1. The zero-order valence-corrected chi connectivity index (χ0v) is 11.4. The van der Waals surface area contributed by atoms with Gasteiger partial charge in [-0.3, -0.25) is 4.90 Å². The molecule has 0 amide bonds. The number of hydrogen-bond donors (Lipinski definition) is 1. The van der Waals surface area contributed by atoms with Crippen LogP contribution in [-0.2, 0) is 6.42 Å². The van der Waals surface area contributed by atoms with E-state index < -0.39 is 0 Å². The van der Waals surface area contributed by atoms with Crippen LogP contribution in [0.25, 0.3) is 0 Å². The second-order valence-electron chi connectivity index (χ2n) is 5.72. The van der Waals surface area contributed by atoms with E-state index in [4.69, 9.17) is 0 Å². The Morgan fingerprint density at radius 3 is 3.12 bits per heavy atom. The van der Waals surface area contributed by atoms with Crippen LogP contribution >= 0.6 is 11.3 Å². The minimum absolute atomic E-state index is 0.397. The van der Waals surface area contributed by atoms with Crippen molar-refractivity contribution in [1.82, 2.24) is 10.2 Å². The van der Waals surface area contributed by atoms with Gasteiger partial charge in [0, 0.05) is 36.6 Å². The Morgan fingerprint density at radius 1 is 1.53 bits per heavy atom. The summed E-state index contributed by atoms with van der Waals surface area (Å²) in [6.45, 7) is 7.26. The van der Waals surface area contributed by atoms with Crippen LogP contribution < -0.4 is 5.32 Å². The fourth-order valence-electron chi connectivity index (χ4n) is 3.01. The summed E-state index contributed by atoms with van der Waals surface area (Å²) in [5, 5.41) is 5.92. The van der Waals surface area contributed by atoms with E-state index in [2.05, 4.69) is 34.7 Å². The van der Waals surface area contributed by atoms with Gasteiger partial charge in [-0.15, -0.1) is 11.3 Å². The lowest BCUT2D eigenvalue weighted by atomic mass is 9.93. The quantitative estimate of drug-likeness (QED) is 0.882. The van der Waals surface area contributed by atoms with Gasteiger partial charge >= 0.3 is 0 Å². The zero-order chi connectivity index (χ0) is 11.7. The lowest BCUT2D eigenvalue weighted by Crippen LogP contribution is -2.60. The second-order valence-corrected chi connectivity index (χ2v) is 6.76. The van der Waals surface area contributed by atoms with Gasteiger partial charge < -0.3 is 5.32 Å². The first-order chi connectivity index (χ1) is 8.26. The first-order valence-corrected chi connectivity index (χ1v) is 7.64. The lowest BCUT2D eigenvalue weighted by Gasteiger charge is -2.42. The molecule has 1 N–H and O–H groups in total. The van der Waals surface area contributed by atoms with Crippen molar-refractivity contribution in [1.29, 1.82) is 0 Å². The largest absolute Gasteiger partial charge is 0.309 e. The third-order valence-electron chi connectivity index (χ3n) is 4.24. The summed E-state index contributed by atoms with van der Waals surface area (Å²) in [5.41, 5.74) is 0.397. The number of hydrogen-bond acceptors (Lipinski definition) is 3. The zero-order valence-electron chi connectivity index (χ0n) is 10.6. The molecule has 1 aromatic rings. The SMILES string of the molecule is CC1(C2CC2)CN(CCc2cccs2)CCN1. The van der Waals surface area contributed by atoms with Crippen LogP contribution in [0.1, 0.15) is 24.6 Å². The molecule has 2 aliphatic rings. The van der Waals surface area contributed by atoms with Crippen molar-refractivity contribution >= 4 is 11.3 Å². The van der Waals surface area contributed by atoms with Crippen LogP contribution in [0.2, 0.25) is 0 Å². The van der Waals surface area contributed by atoms with Gasteiger partial charge in [0.1, 0.15) is 0 Å². The van der Waals surface area contributed by atoms with E-state index in [0.717, 1.165) is 12.5 Å². The van der Waals surface area contributed by atoms with E-state index >= 15 is 0 Å². The third kappa shape index (κ3) is 2.72. The van der Waals surface area contributed by atoms with Crippen molar-refractivity contribution < 1.29 is 0 Å². The lowest BCUT2D eigenvalue weighted by molar-refractivity contribution is 0.128. The molecule has 1 unspecified atom stereocenters. The summed E-state index contributed by atoms with van der Waals surface area (Å²) in [6, 6.07) is 4.42. The van der Waals surface area contributed by atoms with Gasteiger partial charge in [0.15, 0.2) is 0 Å². The predicted molar refractivity (Wildman–Crippen MR) is 73.6 cm³/mol. The summed E-state index contributed by atoms with van der Waals surface area (Å²) < 4.78 is 0. The Balaban J connectivity index is 1.53. The highest BCUT2D eigenvalue weighted by atomic mass is 32.1. The molecule has 17 heavy (non-hydrogen) atoms. The standard InChI is InChI=1S/C14H22N2S/c1-14(12-4-5-12)11-16(9-7-15-14)8-6-13-3-2-10-17-13/h2-3,10,12,15H,4-9,11H2,1H3. The van der Waals surface area contributed by atoms with Crippen molar-refractivity contribution in [3.05, 3.63) is 22.4 Å². The molecule has 0 bridgehead atoms. The van der Waals surface area contributed by atoms with E-state index in [1.54, 1.807) is 0 Å². The van der Waals surface area contributed by atoms with Crippen LogP contribution in [0.15, 0.2) is 17.5 Å². The molecule has 1 aliphatic carbocycles. The van der Waals surface area contributed by atoms with Crippen molar-refractivity contribution in [3.8, 4) is 0 Å². The first-order valence-electron chi connectivity index (χ1n) is 6.76. The summed E-state index contributed by atoms with van der Waals surface area (Å²) in [6.07, 6.45) is 4.09. The van der Waals surface area contributed by atoms with E-state index in [9.17, 15) is 0 Å². The van der Waals surface area contributed by atoms with Gasteiger partial charge in [-0.2, -0.15) is 0 Å². The highest BCUT2D eigenvalue weighted by Crippen LogP contribution is 2.40. The molecule has 2 fully saturated rings. The molecule has 2 nitrogen and oxygen atoms in total. The second kappa shape index (κ2) is 4.71. The normalized spacial score (nSPS) is 30.6. The smallest absolute Gasteiger partial charge is 0.0309 e. The molecule has 0 aromatic carbocycles. The molecular weight excluding hydrogens is 228 g/mol. The highest BCUT2D eigenvalue weighted by molar-refractivity contribution is 7.09. The summed E-state index contributed by atoms with van der Waals surface area (Å²) >= 11 is 1.89. The van der Waals surface area contributed by atoms with Crippen LogP contribution in [0.3, 0.4) is 0 Å². The first kappa shape index (κ1) is 11.7. The minimum Gasteiger partial charge on any atom is -0.309 e. The van der Waals surface area contributed by atoms with Crippen molar-refractivity contribution in [2.75, 3.05) is 26.2 Å². The van der Waals surface area contributed by atoms with Gasteiger partial charge in [-0.25, -0.2) is 0 Å². The number of thiophene rings is 1. The monoisotopic (exact) mass is 250 g/mol. The average Bonchev–Trinajstić information content (AvgIpc) is 3.06. The fourth-order valence-corrected chi connectivity index (χ4v) is 3.71. The number of nitrogens with one attached hydrogen (secondary N) is 1. The molecule has 2 heterocycles. The van der Waals surface area contributed by atoms with Crippen LogP contribution in [-0.4, -0.2) is 36.6 Å². The molecule has 1 saturated carbocycles. The molecule has 0 spiro atoms. The molecule has 0 radical (unpaired) electrons. The van der Waals surface area contributed by atoms with Gasteiger partial charge in [0.25, 0.3) is 0 Å². The van der Waals surface area contributed by atoms with E-state index in [1.165, 1.54) is 43.8 Å². The fraction of sp³-hybridized carbons (Fsp3) is 0.714. The minimum atomic E-state index is 0.397. The van der Waals surface area contributed by atoms with Crippen molar-refractivity contribution in [2.45, 2.75) is 31.7 Å². The molecule has 1 aromatic heterocycles. The highest BCUT2D eigenvalue weighted by Gasteiger charge is 2.43. The summed E-state index contributed by atoms with van der Waals surface area (Å²) in [4.78, 5) is 4.17. The van der Waals surface area contributed by atoms with Crippen LogP contribution in [0.4, 0.5) is 0 Å². The maximum absolute atomic E-state index is 3.74. The van der Waals surface area contributed by atoms with Gasteiger partial charge in [0.05, 0.1) is 0 Å². The summed E-state index contributed by atoms with van der Waals surface area (Å²) in [7, 11) is 0. The predicted octanol–water partition coefficient (Wildman–Crippen LogP) is 2.36. The van der Waals surface area contributed by atoms with Gasteiger partial charge in [-0.05, 0) is 43.6 Å². The van der Waals surface area contributed by atoms with Crippen molar-refractivity contribution in [2.24, 2.45) is 5.92 Å². The molecule has 94 valence electrons. The van der Waals surface area contributed by atoms with Crippen molar-refractivity contribution in [3.63, 3.8) is 0 Å². The van der Waals surface area contributed by atoms with Gasteiger partial charge in [-0.1, -0.05) is 6.07 Å². The third-order valence-corrected chi connectivity index (χ3v) is 5.18. The van der Waals surface area contributed by atoms with Crippen LogP contribution in [0.5, 0.6) is 0 Å². The maximum Gasteiger partial charge on any atom is 0.0309 e. The molecule has 1 atom stereocenters. The Morgan fingerprint density at radius 2 is 2.41 bits per heavy atom. The molecule has 3 heteroatoms. The van der Waals surface area contributed by atoms with E-state index in [0.29, 0.717) is 5.54 Å². The maximum atomic E-state index is 3.74.